The molecule has 4 rings (SSSR count). The molecule has 1 heterocycles. The maximum Gasteiger partial charge on any atom is 0.573 e. The lowest BCUT2D eigenvalue weighted by Crippen LogP contribution is -2.22. The maximum absolute atomic E-state index is 12.5. The van der Waals surface area contributed by atoms with E-state index in [1.165, 1.54) is 30.5 Å². The van der Waals surface area contributed by atoms with Crippen LogP contribution in [0.15, 0.2) is 96.0 Å². The summed E-state index contributed by atoms with van der Waals surface area (Å²) in [6.45, 7) is 0.260. The fourth-order valence-corrected chi connectivity index (χ4v) is 4.06. The number of pyridine rings is 1. The minimum Gasteiger partial charge on any atom is -0.439 e. The molecule has 38 heavy (non-hydrogen) atoms. The topological polar surface area (TPSA) is 94.6 Å². The third-order valence-electron chi connectivity index (χ3n) is 5.28. The summed E-state index contributed by atoms with van der Waals surface area (Å²) in [4.78, 5) is 16.8. The summed E-state index contributed by atoms with van der Waals surface area (Å²) in [6.07, 6.45) is -2.37. The van der Waals surface area contributed by atoms with E-state index in [-0.39, 0.29) is 34.5 Å². The van der Waals surface area contributed by atoms with E-state index in [0.29, 0.717) is 0 Å². The normalized spacial score (nSPS) is 11.6. The molecule has 0 saturated heterocycles. The number of rotatable bonds is 8. The number of carbonyl (C=O) groups is 1. The number of ether oxygens (including phenoxy) is 2. The minimum absolute atomic E-state index is 0.0888. The van der Waals surface area contributed by atoms with Gasteiger partial charge in [-0.15, -0.1) is 13.2 Å². The van der Waals surface area contributed by atoms with Crippen molar-refractivity contribution in [2.24, 2.45) is 0 Å². The van der Waals surface area contributed by atoms with Crippen LogP contribution in [0.4, 0.5) is 13.2 Å². The molecule has 0 spiro atoms. The Bertz CT molecular complexity index is 1520. The van der Waals surface area contributed by atoms with Crippen molar-refractivity contribution in [2.45, 2.75) is 17.8 Å². The van der Waals surface area contributed by atoms with Crippen LogP contribution in [-0.4, -0.2) is 31.9 Å². The summed E-state index contributed by atoms with van der Waals surface area (Å²) in [6, 6.07) is 22.0. The smallest absolute Gasteiger partial charge is 0.439 e. The number of halogens is 3. The monoisotopic (exact) mass is 542 g/mol. The molecular formula is C27H21F3N2O5S. The Morgan fingerprint density at radius 2 is 1.53 bits per heavy atom. The van der Waals surface area contributed by atoms with Crippen LogP contribution in [0.2, 0.25) is 0 Å². The first-order valence-electron chi connectivity index (χ1n) is 11.1. The molecule has 0 bridgehead atoms. The van der Waals surface area contributed by atoms with Gasteiger partial charge in [0.1, 0.15) is 11.5 Å². The standard InChI is InChI=1S/C27H21F3N2O5S/c1-38(34,35)24-12-9-20(10-13-24)19-7-5-18(6-8-19)16-32-26(33)21-11-14-25(31-17-21)36-22-3-2-4-23(15-22)37-27(28,29)30/h2-15,17H,16H2,1H3,(H,32,33). The van der Waals surface area contributed by atoms with Gasteiger partial charge in [-0.2, -0.15) is 0 Å². The summed E-state index contributed by atoms with van der Waals surface area (Å²) in [5.74, 6) is -0.619. The van der Waals surface area contributed by atoms with Gasteiger partial charge in [-0.1, -0.05) is 42.5 Å². The second-order valence-electron chi connectivity index (χ2n) is 8.19. The average molecular weight is 543 g/mol. The Kier molecular flexibility index (Phi) is 7.67. The van der Waals surface area contributed by atoms with E-state index in [1.807, 2.05) is 24.3 Å². The number of nitrogens with zero attached hydrogens (tertiary/aromatic N) is 1. The molecule has 0 radical (unpaired) electrons. The molecule has 7 nitrogen and oxygen atoms in total. The van der Waals surface area contributed by atoms with Gasteiger partial charge in [-0.05, 0) is 47.0 Å². The largest absolute Gasteiger partial charge is 0.573 e. The van der Waals surface area contributed by atoms with Crippen LogP contribution < -0.4 is 14.8 Å². The molecule has 1 N–H and O–H groups in total. The zero-order chi connectivity index (χ0) is 27.3. The van der Waals surface area contributed by atoms with Crippen LogP contribution in [0.1, 0.15) is 15.9 Å². The van der Waals surface area contributed by atoms with Crippen molar-refractivity contribution in [3.05, 3.63) is 102 Å². The number of hydrogen-bond donors (Lipinski definition) is 1. The van der Waals surface area contributed by atoms with E-state index < -0.39 is 21.9 Å². The number of amides is 1. The van der Waals surface area contributed by atoms with Gasteiger partial charge in [0, 0.05) is 31.1 Å². The molecule has 0 aliphatic carbocycles. The predicted octanol–water partition coefficient (Wildman–Crippen LogP) is 5.77. The molecule has 0 aliphatic heterocycles. The van der Waals surface area contributed by atoms with Crippen LogP contribution >= 0.6 is 0 Å². The van der Waals surface area contributed by atoms with Crippen molar-refractivity contribution in [1.29, 1.82) is 0 Å². The number of carbonyl (C=O) groups excluding carboxylic acids is 1. The third kappa shape index (κ3) is 7.32. The fraction of sp³-hybridized carbons (Fsp3) is 0.111. The highest BCUT2D eigenvalue weighted by atomic mass is 32.2. The molecule has 0 unspecified atom stereocenters. The van der Waals surface area contributed by atoms with Crippen molar-refractivity contribution in [1.82, 2.24) is 10.3 Å². The first-order valence-corrected chi connectivity index (χ1v) is 13.0. The van der Waals surface area contributed by atoms with Crippen molar-refractivity contribution < 1.29 is 35.9 Å². The zero-order valence-electron chi connectivity index (χ0n) is 19.9. The average Bonchev–Trinajstić information content (AvgIpc) is 2.87. The predicted molar refractivity (Wildman–Crippen MR) is 134 cm³/mol. The molecule has 1 aromatic heterocycles. The molecule has 11 heteroatoms. The van der Waals surface area contributed by atoms with Crippen LogP contribution in [0.5, 0.6) is 17.4 Å². The SMILES string of the molecule is CS(=O)(=O)c1ccc(-c2ccc(CNC(=O)c3ccc(Oc4cccc(OC(F)(F)F)c4)nc3)cc2)cc1. The lowest BCUT2D eigenvalue weighted by Gasteiger charge is -2.10. The Morgan fingerprint density at radius 1 is 0.895 bits per heavy atom. The summed E-state index contributed by atoms with van der Waals surface area (Å²) in [7, 11) is -3.26. The number of sulfone groups is 1. The lowest BCUT2D eigenvalue weighted by molar-refractivity contribution is -0.274. The van der Waals surface area contributed by atoms with Crippen LogP contribution in [0.25, 0.3) is 11.1 Å². The molecule has 1 amide bonds. The van der Waals surface area contributed by atoms with Crippen molar-refractivity contribution >= 4 is 15.7 Å². The van der Waals surface area contributed by atoms with Crippen LogP contribution in [0.3, 0.4) is 0 Å². The van der Waals surface area contributed by atoms with Crippen molar-refractivity contribution in [2.75, 3.05) is 6.26 Å². The number of hydrogen-bond acceptors (Lipinski definition) is 6. The van der Waals surface area contributed by atoms with E-state index in [2.05, 4.69) is 15.0 Å². The van der Waals surface area contributed by atoms with Crippen molar-refractivity contribution in [3.63, 3.8) is 0 Å². The van der Waals surface area contributed by atoms with Gasteiger partial charge in [0.25, 0.3) is 5.91 Å². The highest BCUT2D eigenvalue weighted by Crippen LogP contribution is 2.28. The summed E-state index contributed by atoms with van der Waals surface area (Å²) in [5, 5.41) is 2.79. The lowest BCUT2D eigenvalue weighted by atomic mass is 10.0. The number of alkyl halides is 3. The van der Waals surface area contributed by atoms with E-state index in [4.69, 9.17) is 4.74 Å². The van der Waals surface area contributed by atoms with Gasteiger partial charge >= 0.3 is 6.36 Å². The van der Waals surface area contributed by atoms with Gasteiger partial charge in [0.05, 0.1) is 10.5 Å². The van der Waals surface area contributed by atoms with Gasteiger partial charge in [-0.3, -0.25) is 4.79 Å². The second kappa shape index (κ2) is 10.9. The first-order chi connectivity index (χ1) is 18.0. The van der Waals surface area contributed by atoms with E-state index >= 15 is 0 Å². The molecule has 0 atom stereocenters. The van der Waals surface area contributed by atoms with Gasteiger partial charge in [0.2, 0.25) is 5.88 Å². The Balaban J connectivity index is 1.32. The third-order valence-corrected chi connectivity index (χ3v) is 6.41. The number of benzene rings is 3. The summed E-state index contributed by atoms with van der Waals surface area (Å²) < 4.78 is 69.7. The van der Waals surface area contributed by atoms with Crippen LogP contribution in [-0.2, 0) is 16.4 Å². The minimum atomic E-state index is -4.82. The van der Waals surface area contributed by atoms with Gasteiger partial charge < -0.3 is 14.8 Å². The molecule has 4 aromatic rings. The summed E-state index contributed by atoms with van der Waals surface area (Å²) >= 11 is 0. The number of aromatic nitrogens is 1. The molecule has 0 saturated carbocycles. The summed E-state index contributed by atoms with van der Waals surface area (Å²) in [5.41, 5.74) is 2.88. The highest BCUT2D eigenvalue weighted by Gasteiger charge is 2.31. The molecule has 0 fully saturated rings. The molecular weight excluding hydrogens is 521 g/mol. The number of nitrogens with one attached hydrogen (secondary N) is 1. The molecule has 196 valence electrons. The zero-order valence-corrected chi connectivity index (χ0v) is 20.7. The van der Waals surface area contributed by atoms with Gasteiger partial charge in [-0.25, -0.2) is 13.4 Å². The highest BCUT2D eigenvalue weighted by molar-refractivity contribution is 7.90. The Labute approximate surface area is 216 Å². The van der Waals surface area contributed by atoms with E-state index in [9.17, 15) is 26.4 Å². The second-order valence-corrected chi connectivity index (χ2v) is 10.2. The quantitative estimate of drug-likeness (QED) is 0.304. The first kappa shape index (κ1) is 26.7. The Hall–Kier alpha value is -4.38. The maximum atomic E-state index is 12.5. The fourth-order valence-electron chi connectivity index (χ4n) is 3.42. The van der Waals surface area contributed by atoms with Crippen molar-refractivity contribution in [3.8, 4) is 28.5 Å². The van der Waals surface area contributed by atoms with Crippen LogP contribution in [0, 0.1) is 0 Å². The van der Waals surface area contributed by atoms with Gasteiger partial charge in [0.15, 0.2) is 9.84 Å². The molecule has 0 aliphatic rings. The molecule has 3 aromatic carbocycles. The van der Waals surface area contributed by atoms with E-state index in [1.54, 1.807) is 24.3 Å². The van der Waals surface area contributed by atoms with E-state index in [0.717, 1.165) is 35.1 Å². The Morgan fingerprint density at radius 3 is 2.11 bits per heavy atom.